The molecule has 0 radical (unpaired) electrons. The summed E-state index contributed by atoms with van der Waals surface area (Å²) in [5.74, 6) is -13.8. The van der Waals surface area contributed by atoms with Gasteiger partial charge in [-0.3, -0.25) is 43.0 Å². The first kappa shape index (κ1) is 87.8. The molecule has 666 valence electrons. The van der Waals surface area contributed by atoms with Gasteiger partial charge in [0, 0.05) is 94.2 Å². The van der Waals surface area contributed by atoms with Crippen LogP contribution in [0.5, 0.6) is 34.5 Å². The van der Waals surface area contributed by atoms with Crippen LogP contribution in [0.1, 0.15) is 93.1 Å². The maximum Gasteiger partial charge on any atom is 0.354 e. The van der Waals surface area contributed by atoms with Gasteiger partial charge < -0.3 is 58.9 Å². The third-order valence-electron chi connectivity index (χ3n) is 23.8. The molecule has 6 aliphatic rings. The number of aryl methyl sites for hydroxylation is 3. The molecule has 3 N–H and O–H groups in total. The Balaban J connectivity index is 0.000000142. The van der Waals surface area contributed by atoms with Crippen LogP contribution in [0.15, 0.2) is 161 Å². The Morgan fingerprint density at radius 2 is 0.659 bits per heavy atom. The van der Waals surface area contributed by atoms with Crippen molar-refractivity contribution in [2.45, 2.75) is 98.2 Å². The molecule has 12 heterocycles. The number of hydrogen-bond donors (Lipinski definition) is 3. The van der Waals surface area contributed by atoms with Crippen LogP contribution in [0.25, 0.3) is 83.2 Å². The number of rotatable bonds is 12. The van der Waals surface area contributed by atoms with Crippen LogP contribution >= 0.6 is 0 Å². The van der Waals surface area contributed by atoms with E-state index in [1.807, 2.05) is 62.3 Å². The van der Waals surface area contributed by atoms with E-state index in [9.17, 15) is 57.3 Å². The van der Waals surface area contributed by atoms with E-state index < -0.39 is 139 Å². The summed E-state index contributed by atoms with van der Waals surface area (Å²) >= 11 is 0. The van der Waals surface area contributed by atoms with Gasteiger partial charge in [-0.2, -0.15) is 15.0 Å². The molecule has 3 amide bonds. The fraction of sp³-hybridized carbons (Fsp3) is 0.290. The van der Waals surface area contributed by atoms with Gasteiger partial charge >= 0.3 is 17.1 Å². The van der Waals surface area contributed by atoms with Gasteiger partial charge in [0.15, 0.2) is 52.2 Å². The van der Waals surface area contributed by atoms with Gasteiger partial charge in [0.2, 0.25) is 0 Å². The molecule has 27 nitrogen and oxygen atoms in total. The van der Waals surface area contributed by atoms with Crippen molar-refractivity contribution in [1.29, 1.82) is 0 Å². The van der Waals surface area contributed by atoms with Gasteiger partial charge in [-0.25, -0.2) is 53.9 Å². The smallest absolute Gasteiger partial charge is 0.354 e. The highest BCUT2D eigenvalue weighted by atomic mass is 19.2. The lowest BCUT2D eigenvalue weighted by Gasteiger charge is -2.40. The second kappa shape index (κ2) is 34.3. The third-order valence-corrected chi connectivity index (χ3v) is 23.8. The number of phenols is 3. The van der Waals surface area contributed by atoms with Crippen LogP contribution in [-0.4, -0.2) is 188 Å². The van der Waals surface area contributed by atoms with E-state index >= 15 is 26.3 Å². The van der Waals surface area contributed by atoms with Gasteiger partial charge in [0.25, 0.3) is 17.7 Å². The van der Waals surface area contributed by atoms with Crippen LogP contribution in [0.2, 0.25) is 0 Å². The number of aromatic nitrogens is 9. The van der Waals surface area contributed by atoms with E-state index in [1.54, 1.807) is 51.5 Å². The zero-order valence-electron chi connectivity index (χ0n) is 71.1. The van der Waals surface area contributed by atoms with Crippen molar-refractivity contribution in [3.8, 4) is 84.9 Å². The lowest BCUT2D eigenvalue weighted by Crippen LogP contribution is -2.57. The molecular weight excluding hydrogens is 1690 g/mol. The van der Waals surface area contributed by atoms with Crippen molar-refractivity contribution in [2.24, 2.45) is 0 Å². The number of amides is 3. The number of aromatic hydroxyl groups is 3. The third kappa shape index (κ3) is 15.3. The fourth-order valence-corrected chi connectivity index (χ4v) is 17.8. The zero-order valence-corrected chi connectivity index (χ0v) is 71.1. The predicted molar refractivity (Wildman–Crippen MR) is 463 cm³/mol. The van der Waals surface area contributed by atoms with Gasteiger partial charge in [-0.05, 0) is 128 Å². The number of pyridine rings is 3. The molecule has 0 unspecified atom stereocenters. The number of halogens is 9. The molecule has 36 heteroatoms. The molecule has 0 bridgehead atoms. The quantitative estimate of drug-likeness (QED) is 0.0756. The number of benzene rings is 6. The van der Waals surface area contributed by atoms with Gasteiger partial charge in [0.05, 0.1) is 102 Å². The van der Waals surface area contributed by atoms with Gasteiger partial charge in [0.1, 0.15) is 72.0 Å². The topological polar surface area (TPSA) is 302 Å². The second-order valence-corrected chi connectivity index (χ2v) is 32.9. The molecule has 129 heavy (non-hydrogen) atoms. The van der Waals surface area contributed by atoms with Crippen molar-refractivity contribution < 1.29 is 83.4 Å². The molecule has 6 aromatic carbocycles. The summed E-state index contributed by atoms with van der Waals surface area (Å²) in [6.45, 7) is 26.5. The van der Waals surface area contributed by atoms with Crippen molar-refractivity contribution >= 4 is 67.9 Å². The first-order valence-electron chi connectivity index (χ1n) is 41.3. The summed E-state index contributed by atoms with van der Waals surface area (Å²) in [4.78, 5) is 115. The molecule has 0 spiro atoms. The molecule has 18 rings (SSSR count). The number of ether oxygens (including phenoxy) is 3. The molecule has 3 fully saturated rings. The van der Waals surface area contributed by atoms with Gasteiger partial charge in [-0.1, -0.05) is 79.5 Å². The minimum absolute atomic E-state index is 0.00378. The Kier molecular flexibility index (Phi) is 23.3. The Labute approximate surface area is 729 Å². The standard InChI is InChI=1S/3C31H28F3N5O4/c3*1-15(2)26-27(16(3)8-9-35-26)39-21-12-19(23-20(33)6-5-7-22(23)40)25(34)28-24(21)29(36-31(39)42)38-11-10-37(30(41)17(4)32)13-18(38)14-43-28/h3*5-9,12,15,18,40H,4,10-11,13-14H2,1-3H3/t3*18-/m111/s1. The van der Waals surface area contributed by atoms with Crippen molar-refractivity contribution in [2.75, 3.05) is 93.4 Å². The van der Waals surface area contributed by atoms with Crippen LogP contribution in [0, 0.1) is 55.7 Å². The minimum atomic E-state index is -1.11. The van der Waals surface area contributed by atoms with E-state index in [0.717, 1.165) is 18.2 Å². The molecule has 3 saturated heterocycles. The molecule has 0 saturated carbocycles. The Bertz CT molecular complexity index is 6260. The molecule has 12 aromatic rings. The maximum absolute atomic E-state index is 16.5. The van der Waals surface area contributed by atoms with Crippen LogP contribution in [-0.2, 0) is 14.4 Å². The zero-order chi connectivity index (χ0) is 92.2. The molecule has 0 aliphatic carbocycles. The number of piperazine rings is 3. The molecule has 3 atom stereocenters. The van der Waals surface area contributed by atoms with E-state index in [1.165, 1.54) is 83.0 Å². The average Bonchev–Trinajstić information content (AvgIpc) is 1.70. The van der Waals surface area contributed by atoms with E-state index in [4.69, 9.17) is 14.2 Å². The number of phenolic OH excluding ortho intramolecular Hbond substituents is 3. The molecule has 6 aliphatic heterocycles. The summed E-state index contributed by atoms with van der Waals surface area (Å²) < 4.78 is 158. The normalized spacial score (nSPS) is 16.2. The van der Waals surface area contributed by atoms with Crippen molar-refractivity contribution in [3.63, 3.8) is 0 Å². The molecule has 6 aromatic heterocycles. The Morgan fingerprint density at radius 1 is 0.403 bits per heavy atom. The highest BCUT2D eigenvalue weighted by molar-refractivity contribution is 6.04. The first-order valence-corrected chi connectivity index (χ1v) is 41.3. The average molecular weight is 1770 g/mol. The highest BCUT2D eigenvalue weighted by Crippen LogP contribution is 2.51. The number of fused-ring (bicyclic) bond motifs is 6. The summed E-state index contributed by atoms with van der Waals surface area (Å²) in [6.07, 6.45) is 4.89. The number of hydrogen-bond acceptors (Lipinski definition) is 21. The summed E-state index contributed by atoms with van der Waals surface area (Å²) in [7, 11) is 0. The first-order chi connectivity index (χ1) is 61.5. The lowest BCUT2D eigenvalue weighted by molar-refractivity contribution is -0.130. The number of anilines is 3. The van der Waals surface area contributed by atoms with Crippen LogP contribution in [0.3, 0.4) is 0 Å². The van der Waals surface area contributed by atoms with Crippen molar-refractivity contribution in [1.82, 2.24) is 58.3 Å². The number of carbonyl (C=O) groups excluding carboxylic acids is 3. The van der Waals surface area contributed by atoms with Crippen LogP contribution < -0.4 is 46.0 Å². The highest BCUT2D eigenvalue weighted by Gasteiger charge is 2.44. The van der Waals surface area contributed by atoms with Gasteiger partial charge in [-0.15, -0.1) is 0 Å². The predicted octanol–water partition coefficient (Wildman–Crippen LogP) is 14.3. The van der Waals surface area contributed by atoms with E-state index in [0.29, 0.717) is 50.8 Å². The second-order valence-electron chi connectivity index (χ2n) is 32.9. The Morgan fingerprint density at radius 3 is 0.891 bits per heavy atom. The number of nitrogens with zero attached hydrogens (tertiary/aromatic N) is 15. The monoisotopic (exact) mass is 1770 g/mol. The SMILES string of the molecule is C=C(F)C(=O)N1CCN2c3nc(=O)n(-c4c(C)ccnc4C(C)C)c4cc(-c5c(O)cccc5F)c(F)c(c34)OC[C@H]2C1.C=C(F)C(=O)N1CCN2c3nc(=O)n(-c4c(C)ccnc4C(C)C)c4cc(-c5c(O)cccc5F)c(F)c(c34)OC[C@H]2C1.C=C(F)C(=O)N1CCN2c3nc(=O)n(-c4c(C)ccnc4C(C)C)c4cc(-c5c(O)cccc5F)c(F)c(c34)OC[C@H]2C1. The van der Waals surface area contributed by atoms with E-state index in [2.05, 4.69) is 49.6 Å². The summed E-state index contributed by atoms with van der Waals surface area (Å²) in [6, 6.07) is 18.1. The fourth-order valence-electron chi connectivity index (χ4n) is 17.8. The lowest BCUT2D eigenvalue weighted by atomic mass is 9.99. The van der Waals surface area contributed by atoms with E-state index in [-0.39, 0.29) is 181 Å². The number of carbonyl (C=O) groups is 3. The minimum Gasteiger partial charge on any atom is -0.507 e. The van der Waals surface area contributed by atoms with Crippen LogP contribution in [0.4, 0.5) is 57.0 Å². The summed E-state index contributed by atoms with van der Waals surface area (Å²) in [5, 5.41) is 32.3. The largest absolute Gasteiger partial charge is 0.507 e. The summed E-state index contributed by atoms with van der Waals surface area (Å²) in [5.41, 5.74) is 1.46. The molecular formula is C93H84F9N15O12. The Hall–Kier alpha value is -14.6. The van der Waals surface area contributed by atoms with Crippen molar-refractivity contribution in [3.05, 3.63) is 247 Å². The maximum atomic E-state index is 16.5.